The van der Waals surface area contributed by atoms with Crippen LogP contribution in [0.4, 0.5) is 24.7 Å². The van der Waals surface area contributed by atoms with Gasteiger partial charge in [0.1, 0.15) is 11.3 Å². The van der Waals surface area contributed by atoms with Crippen molar-refractivity contribution in [2.24, 2.45) is 0 Å². The van der Waals surface area contributed by atoms with E-state index in [4.69, 9.17) is 9.47 Å². The lowest BCUT2D eigenvalue weighted by Gasteiger charge is -2.23. The first-order valence-electron chi connectivity index (χ1n) is 8.73. The van der Waals surface area contributed by atoms with Crippen molar-refractivity contribution in [2.75, 3.05) is 11.9 Å². The molecule has 1 aromatic carbocycles. The minimum absolute atomic E-state index is 0.00128. The van der Waals surface area contributed by atoms with Crippen molar-refractivity contribution in [3.8, 4) is 11.8 Å². The highest BCUT2D eigenvalue weighted by Crippen LogP contribution is 2.38. The van der Waals surface area contributed by atoms with E-state index in [9.17, 15) is 13.2 Å². The van der Waals surface area contributed by atoms with Crippen LogP contribution in [0.5, 0.6) is 11.8 Å². The predicted molar refractivity (Wildman–Crippen MR) is 97.7 cm³/mol. The topological polar surface area (TPSA) is 47.5 Å². The van der Waals surface area contributed by atoms with Crippen LogP contribution in [-0.2, 0) is 6.18 Å². The Morgan fingerprint density at radius 2 is 1.85 bits per heavy atom. The maximum absolute atomic E-state index is 13.4. The van der Waals surface area contributed by atoms with Crippen LogP contribution in [0, 0.1) is 0 Å². The summed E-state index contributed by atoms with van der Waals surface area (Å²) in [5, 5.41) is 0. The van der Waals surface area contributed by atoms with E-state index in [0.29, 0.717) is 11.4 Å². The standard InChI is InChI=1S/C19H24F3N3O2/c1-6-13(4)27-15-9-7-8-14(10-15)25(5)17-16(19(20,21)22)11-23-18(24-17)26-12(2)3/h7-13H,6H2,1-5H3. The first-order valence-corrected chi connectivity index (χ1v) is 8.73. The molecule has 5 nitrogen and oxygen atoms in total. The second-order valence-electron chi connectivity index (χ2n) is 6.45. The lowest BCUT2D eigenvalue weighted by molar-refractivity contribution is -0.137. The molecule has 1 unspecified atom stereocenters. The SMILES string of the molecule is CCC(C)Oc1cccc(N(C)c2nc(OC(C)C)ncc2C(F)(F)F)c1. The fourth-order valence-electron chi connectivity index (χ4n) is 2.28. The molecule has 0 fully saturated rings. The van der Waals surface area contributed by atoms with Gasteiger partial charge in [-0.05, 0) is 39.3 Å². The molecule has 2 aromatic rings. The van der Waals surface area contributed by atoms with Crippen LogP contribution in [-0.4, -0.2) is 29.2 Å². The highest BCUT2D eigenvalue weighted by atomic mass is 19.4. The summed E-state index contributed by atoms with van der Waals surface area (Å²) in [6, 6.07) is 6.75. The maximum Gasteiger partial charge on any atom is 0.421 e. The lowest BCUT2D eigenvalue weighted by Crippen LogP contribution is -2.20. The Morgan fingerprint density at radius 3 is 2.44 bits per heavy atom. The van der Waals surface area contributed by atoms with Gasteiger partial charge in [-0.15, -0.1) is 0 Å². The van der Waals surface area contributed by atoms with Crippen molar-refractivity contribution in [3.05, 3.63) is 36.0 Å². The lowest BCUT2D eigenvalue weighted by atomic mass is 10.2. The van der Waals surface area contributed by atoms with Crippen LogP contribution in [0.1, 0.15) is 39.7 Å². The average molecular weight is 383 g/mol. The molecule has 0 aliphatic rings. The molecule has 27 heavy (non-hydrogen) atoms. The first-order chi connectivity index (χ1) is 12.6. The zero-order chi connectivity index (χ0) is 20.2. The summed E-state index contributed by atoms with van der Waals surface area (Å²) in [6.45, 7) is 7.42. The molecule has 2 rings (SSSR count). The van der Waals surface area contributed by atoms with Gasteiger partial charge in [-0.1, -0.05) is 13.0 Å². The molecule has 0 aliphatic heterocycles. The van der Waals surface area contributed by atoms with Crippen LogP contribution in [0.15, 0.2) is 30.5 Å². The fraction of sp³-hybridized carbons (Fsp3) is 0.474. The van der Waals surface area contributed by atoms with Crippen molar-refractivity contribution in [3.63, 3.8) is 0 Å². The van der Waals surface area contributed by atoms with Crippen molar-refractivity contribution in [2.45, 2.75) is 52.5 Å². The molecule has 0 bridgehead atoms. The van der Waals surface area contributed by atoms with E-state index >= 15 is 0 Å². The minimum atomic E-state index is -4.59. The van der Waals surface area contributed by atoms with Crippen LogP contribution in [0.3, 0.4) is 0 Å². The van der Waals surface area contributed by atoms with Gasteiger partial charge in [0.25, 0.3) is 0 Å². The summed E-state index contributed by atoms with van der Waals surface area (Å²) in [7, 11) is 1.51. The average Bonchev–Trinajstić information content (AvgIpc) is 2.59. The molecule has 0 spiro atoms. The number of anilines is 2. The zero-order valence-electron chi connectivity index (χ0n) is 16.0. The zero-order valence-corrected chi connectivity index (χ0v) is 16.0. The Balaban J connectivity index is 2.44. The van der Waals surface area contributed by atoms with Crippen molar-refractivity contribution >= 4 is 11.5 Å². The number of aromatic nitrogens is 2. The number of alkyl halides is 3. The predicted octanol–water partition coefficient (Wildman–Crippen LogP) is 5.23. The highest BCUT2D eigenvalue weighted by molar-refractivity contribution is 5.64. The molecule has 0 amide bonds. The molecule has 0 saturated carbocycles. The molecule has 0 radical (unpaired) electrons. The Morgan fingerprint density at radius 1 is 1.15 bits per heavy atom. The molecule has 8 heteroatoms. The van der Waals surface area contributed by atoms with Crippen LogP contribution < -0.4 is 14.4 Å². The summed E-state index contributed by atoms with van der Waals surface area (Å²) < 4.78 is 51.4. The monoisotopic (exact) mass is 383 g/mol. The van der Waals surface area contributed by atoms with Gasteiger partial charge >= 0.3 is 12.2 Å². The van der Waals surface area contributed by atoms with Gasteiger partial charge < -0.3 is 14.4 Å². The summed E-state index contributed by atoms with van der Waals surface area (Å²) in [4.78, 5) is 9.03. The van der Waals surface area contributed by atoms with E-state index in [2.05, 4.69) is 9.97 Å². The summed E-state index contributed by atoms with van der Waals surface area (Å²) in [5.41, 5.74) is -0.426. The van der Waals surface area contributed by atoms with Gasteiger partial charge in [-0.3, -0.25) is 0 Å². The molecular formula is C19H24F3N3O2. The third-order valence-corrected chi connectivity index (χ3v) is 3.83. The van der Waals surface area contributed by atoms with Gasteiger partial charge in [-0.25, -0.2) is 4.98 Å². The van der Waals surface area contributed by atoms with Crippen molar-refractivity contribution in [1.29, 1.82) is 0 Å². The summed E-state index contributed by atoms with van der Waals surface area (Å²) in [5.74, 6) is 0.295. The number of hydrogen-bond donors (Lipinski definition) is 0. The number of ether oxygens (including phenoxy) is 2. The molecule has 148 valence electrons. The molecule has 0 saturated heterocycles. The Labute approximate surface area is 157 Å². The Kier molecular flexibility index (Phi) is 6.51. The largest absolute Gasteiger partial charge is 0.491 e. The number of hydrogen-bond acceptors (Lipinski definition) is 5. The quantitative estimate of drug-likeness (QED) is 0.655. The normalized spacial score (nSPS) is 12.8. The van der Waals surface area contributed by atoms with Crippen molar-refractivity contribution < 1.29 is 22.6 Å². The Bertz CT molecular complexity index is 766. The second-order valence-corrected chi connectivity index (χ2v) is 6.45. The molecule has 1 atom stereocenters. The van der Waals surface area contributed by atoms with Crippen LogP contribution in [0.2, 0.25) is 0 Å². The van der Waals surface area contributed by atoms with E-state index in [0.717, 1.165) is 12.6 Å². The van der Waals surface area contributed by atoms with E-state index < -0.39 is 11.7 Å². The third kappa shape index (κ3) is 5.48. The molecule has 1 heterocycles. The summed E-state index contributed by atoms with van der Waals surface area (Å²) in [6.07, 6.45) is -3.28. The minimum Gasteiger partial charge on any atom is -0.491 e. The van der Waals surface area contributed by atoms with Crippen LogP contribution in [0.25, 0.3) is 0 Å². The van der Waals surface area contributed by atoms with Gasteiger partial charge in [0.15, 0.2) is 5.82 Å². The molecule has 1 aromatic heterocycles. The molecule has 0 aliphatic carbocycles. The summed E-state index contributed by atoms with van der Waals surface area (Å²) >= 11 is 0. The van der Waals surface area contributed by atoms with E-state index in [-0.39, 0.29) is 24.0 Å². The second kappa shape index (κ2) is 8.45. The number of benzene rings is 1. The van der Waals surface area contributed by atoms with Crippen LogP contribution >= 0.6 is 0 Å². The molecular weight excluding hydrogens is 359 g/mol. The van der Waals surface area contributed by atoms with Gasteiger partial charge in [-0.2, -0.15) is 18.2 Å². The number of halogens is 3. The maximum atomic E-state index is 13.4. The van der Waals surface area contributed by atoms with E-state index in [1.807, 2.05) is 13.8 Å². The third-order valence-electron chi connectivity index (χ3n) is 3.83. The highest BCUT2D eigenvalue weighted by Gasteiger charge is 2.37. The van der Waals surface area contributed by atoms with Gasteiger partial charge in [0.05, 0.1) is 12.2 Å². The van der Waals surface area contributed by atoms with Crippen molar-refractivity contribution in [1.82, 2.24) is 9.97 Å². The van der Waals surface area contributed by atoms with E-state index in [1.165, 1.54) is 11.9 Å². The first kappa shape index (κ1) is 20.8. The van der Waals surface area contributed by atoms with E-state index in [1.54, 1.807) is 38.1 Å². The Hall–Kier alpha value is -2.51. The fourth-order valence-corrected chi connectivity index (χ4v) is 2.28. The molecule has 0 N–H and O–H groups in total. The van der Waals surface area contributed by atoms with Gasteiger partial charge in [0, 0.05) is 25.0 Å². The smallest absolute Gasteiger partial charge is 0.421 e. The van der Waals surface area contributed by atoms with Gasteiger partial charge in [0.2, 0.25) is 0 Å². The number of nitrogens with zero attached hydrogens (tertiary/aromatic N) is 3. The number of rotatable bonds is 7.